The molecule has 114 valence electrons. The molecule has 1 atom stereocenters. The third kappa shape index (κ3) is 4.64. The average molecular weight is 309 g/mol. The number of nitrogens with one attached hydrogen (secondary N) is 1. The molecule has 2 aromatic heterocycles. The Morgan fingerprint density at radius 3 is 2.90 bits per heavy atom. The van der Waals surface area contributed by atoms with Gasteiger partial charge in [0.15, 0.2) is 5.16 Å². The number of hydrogen-bond acceptors (Lipinski definition) is 8. The van der Waals surface area contributed by atoms with Crippen LogP contribution in [0.25, 0.3) is 5.95 Å². The van der Waals surface area contributed by atoms with Crippen molar-refractivity contribution in [2.45, 2.75) is 25.4 Å². The van der Waals surface area contributed by atoms with Gasteiger partial charge in [-0.3, -0.25) is 0 Å². The Bertz CT molecular complexity index is 549. The lowest BCUT2D eigenvalue weighted by Crippen LogP contribution is -2.11. The maximum absolute atomic E-state index is 9.09. The van der Waals surface area contributed by atoms with Gasteiger partial charge in [-0.25, -0.2) is 4.98 Å². The molecule has 21 heavy (non-hydrogen) atoms. The predicted octanol–water partition coefficient (Wildman–Crippen LogP) is 0.995. The Morgan fingerprint density at radius 2 is 2.24 bits per heavy atom. The molecule has 2 N–H and O–H groups in total. The van der Waals surface area contributed by atoms with Gasteiger partial charge in [0.2, 0.25) is 5.95 Å². The number of nitrogens with zero attached hydrogens (tertiary/aromatic N) is 6. The summed E-state index contributed by atoms with van der Waals surface area (Å²) in [5, 5.41) is 16.9. The Balaban J connectivity index is 2.20. The summed E-state index contributed by atoms with van der Waals surface area (Å²) >= 11 is 1.49. The van der Waals surface area contributed by atoms with Gasteiger partial charge in [0.25, 0.3) is 5.95 Å². The molecule has 0 spiro atoms. The van der Waals surface area contributed by atoms with E-state index in [4.69, 9.17) is 5.11 Å². The maximum Gasteiger partial charge on any atom is 0.257 e. The van der Waals surface area contributed by atoms with E-state index in [2.05, 4.69) is 37.3 Å². The molecule has 0 aliphatic heterocycles. The molecule has 0 saturated carbocycles. The van der Waals surface area contributed by atoms with Crippen molar-refractivity contribution in [3.63, 3.8) is 0 Å². The van der Waals surface area contributed by atoms with Crippen molar-refractivity contribution in [2.75, 3.05) is 24.2 Å². The molecular weight excluding hydrogens is 290 g/mol. The van der Waals surface area contributed by atoms with Crippen LogP contribution in [-0.2, 0) is 0 Å². The summed E-state index contributed by atoms with van der Waals surface area (Å²) < 4.78 is 1.50. The second-order valence-corrected chi connectivity index (χ2v) is 5.59. The van der Waals surface area contributed by atoms with Gasteiger partial charge in [0, 0.05) is 18.9 Å². The van der Waals surface area contributed by atoms with Gasteiger partial charge in [-0.05, 0) is 12.3 Å². The fourth-order valence-corrected chi connectivity index (χ4v) is 2.25. The molecule has 0 fully saturated rings. The van der Waals surface area contributed by atoms with Gasteiger partial charge in [-0.15, -0.1) is 0 Å². The number of hydrogen-bond donors (Lipinski definition) is 2. The van der Waals surface area contributed by atoms with Crippen molar-refractivity contribution in [2.24, 2.45) is 5.92 Å². The minimum Gasteiger partial charge on any atom is -0.396 e. The number of rotatable bonds is 8. The van der Waals surface area contributed by atoms with E-state index in [1.54, 1.807) is 6.33 Å². The van der Waals surface area contributed by atoms with Crippen molar-refractivity contribution in [3.05, 3.63) is 12.7 Å². The SMILES string of the molecule is CCCNc1nc(SCC(C)CO)nc(-n2cncn2)n1. The monoisotopic (exact) mass is 309 g/mol. The molecule has 1 unspecified atom stereocenters. The maximum atomic E-state index is 9.09. The Morgan fingerprint density at radius 1 is 1.38 bits per heavy atom. The second-order valence-electron chi connectivity index (χ2n) is 4.61. The first-order valence-electron chi connectivity index (χ1n) is 6.81. The van der Waals surface area contributed by atoms with Gasteiger partial charge in [0.1, 0.15) is 12.7 Å². The summed E-state index contributed by atoms with van der Waals surface area (Å²) in [7, 11) is 0. The van der Waals surface area contributed by atoms with Crippen LogP contribution in [0.15, 0.2) is 17.8 Å². The third-order valence-electron chi connectivity index (χ3n) is 2.57. The lowest BCUT2D eigenvalue weighted by atomic mass is 10.2. The quantitative estimate of drug-likeness (QED) is 0.696. The molecule has 9 heteroatoms. The fraction of sp³-hybridized carbons (Fsp3) is 0.583. The Hall–Kier alpha value is -1.74. The van der Waals surface area contributed by atoms with Crippen molar-refractivity contribution < 1.29 is 5.11 Å². The van der Waals surface area contributed by atoms with E-state index < -0.39 is 0 Å². The zero-order valence-corrected chi connectivity index (χ0v) is 12.9. The van der Waals surface area contributed by atoms with Crippen LogP contribution < -0.4 is 5.32 Å². The summed E-state index contributed by atoms with van der Waals surface area (Å²) in [6.45, 7) is 4.99. The largest absolute Gasteiger partial charge is 0.396 e. The fourth-order valence-electron chi connectivity index (χ4n) is 1.41. The summed E-state index contributed by atoms with van der Waals surface area (Å²) in [6.07, 6.45) is 3.96. The van der Waals surface area contributed by atoms with Crippen LogP contribution in [0, 0.1) is 5.92 Å². The summed E-state index contributed by atoms with van der Waals surface area (Å²) in [5.74, 6) is 1.88. The van der Waals surface area contributed by atoms with Crippen LogP contribution in [0.1, 0.15) is 20.3 Å². The number of aliphatic hydroxyl groups is 1. The van der Waals surface area contributed by atoms with Crippen LogP contribution in [0.3, 0.4) is 0 Å². The van der Waals surface area contributed by atoms with Crippen molar-refractivity contribution in [3.8, 4) is 5.95 Å². The molecule has 0 aliphatic rings. The second kappa shape index (κ2) is 7.89. The molecule has 0 bridgehead atoms. The molecule has 8 nitrogen and oxygen atoms in total. The lowest BCUT2D eigenvalue weighted by molar-refractivity contribution is 0.250. The Kier molecular flexibility index (Phi) is 5.88. The highest BCUT2D eigenvalue weighted by atomic mass is 32.2. The predicted molar refractivity (Wildman–Crippen MR) is 80.5 cm³/mol. The first-order valence-corrected chi connectivity index (χ1v) is 7.80. The molecular formula is C12H19N7OS. The molecule has 0 aromatic carbocycles. The van der Waals surface area contributed by atoms with Crippen LogP contribution in [0.5, 0.6) is 0 Å². The number of anilines is 1. The van der Waals surface area contributed by atoms with Gasteiger partial charge in [0.05, 0.1) is 0 Å². The van der Waals surface area contributed by atoms with Gasteiger partial charge in [-0.1, -0.05) is 25.6 Å². The van der Waals surface area contributed by atoms with E-state index in [1.165, 1.54) is 22.8 Å². The molecule has 0 amide bonds. The van der Waals surface area contributed by atoms with Crippen LogP contribution >= 0.6 is 11.8 Å². The minimum atomic E-state index is 0.148. The van der Waals surface area contributed by atoms with Gasteiger partial charge in [-0.2, -0.15) is 24.7 Å². The van der Waals surface area contributed by atoms with Gasteiger partial charge < -0.3 is 10.4 Å². The zero-order valence-electron chi connectivity index (χ0n) is 12.1. The van der Waals surface area contributed by atoms with Crippen LogP contribution in [0.2, 0.25) is 0 Å². The molecule has 2 aromatic rings. The van der Waals surface area contributed by atoms with E-state index in [0.717, 1.165) is 18.7 Å². The van der Waals surface area contributed by atoms with Gasteiger partial charge >= 0.3 is 0 Å². The third-order valence-corrected chi connectivity index (χ3v) is 3.74. The Labute approximate surface area is 127 Å². The van der Waals surface area contributed by atoms with E-state index in [1.807, 2.05) is 6.92 Å². The highest BCUT2D eigenvalue weighted by molar-refractivity contribution is 7.99. The van der Waals surface area contributed by atoms with Crippen LogP contribution in [-0.4, -0.2) is 53.7 Å². The number of thioether (sulfide) groups is 1. The van der Waals surface area contributed by atoms with E-state index in [0.29, 0.717) is 17.1 Å². The van der Waals surface area contributed by atoms with E-state index >= 15 is 0 Å². The van der Waals surface area contributed by atoms with Crippen LogP contribution in [0.4, 0.5) is 5.95 Å². The van der Waals surface area contributed by atoms with E-state index in [9.17, 15) is 0 Å². The highest BCUT2D eigenvalue weighted by Crippen LogP contribution is 2.18. The summed E-state index contributed by atoms with van der Waals surface area (Å²) in [4.78, 5) is 17.0. The topological polar surface area (TPSA) is 102 Å². The van der Waals surface area contributed by atoms with Crippen molar-refractivity contribution >= 4 is 17.7 Å². The number of aromatic nitrogens is 6. The molecule has 0 saturated heterocycles. The minimum absolute atomic E-state index is 0.148. The standard InChI is InChI=1S/C12H19N7OS/c1-3-4-14-10-16-11(19-8-13-7-15-19)18-12(17-10)21-6-9(2)5-20/h7-9,20H,3-6H2,1-2H3,(H,14,16,17,18). The zero-order chi connectivity index (χ0) is 15.1. The normalized spacial score (nSPS) is 12.3. The summed E-state index contributed by atoms with van der Waals surface area (Å²) in [5.41, 5.74) is 0. The van der Waals surface area contributed by atoms with E-state index in [-0.39, 0.29) is 12.5 Å². The average Bonchev–Trinajstić information content (AvgIpc) is 3.04. The summed E-state index contributed by atoms with van der Waals surface area (Å²) in [6, 6.07) is 0. The number of aliphatic hydroxyl groups excluding tert-OH is 1. The molecule has 2 heterocycles. The molecule has 0 radical (unpaired) electrons. The highest BCUT2D eigenvalue weighted by Gasteiger charge is 2.10. The first-order chi connectivity index (χ1) is 10.2. The lowest BCUT2D eigenvalue weighted by Gasteiger charge is -2.09. The smallest absolute Gasteiger partial charge is 0.257 e. The molecule has 2 rings (SSSR count). The van der Waals surface area contributed by atoms with Crippen molar-refractivity contribution in [1.29, 1.82) is 0 Å². The first kappa shape index (κ1) is 15.6. The molecule has 0 aliphatic carbocycles. The van der Waals surface area contributed by atoms with Crippen molar-refractivity contribution in [1.82, 2.24) is 29.7 Å².